The van der Waals surface area contributed by atoms with E-state index >= 15 is 0 Å². The van der Waals surface area contributed by atoms with Gasteiger partial charge in [0.1, 0.15) is 0 Å². The topological polar surface area (TPSA) is 0 Å². The van der Waals surface area contributed by atoms with Crippen molar-refractivity contribution in [1.29, 1.82) is 0 Å². The van der Waals surface area contributed by atoms with Crippen LogP contribution in [0.2, 0.25) is 0 Å². The van der Waals surface area contributed by atoms with E-state index in [4.69, 9.17) is 0 Å². The van der Waals surface area contributed by atoms with Crippen molar-refractivity contribution in [3.63, 3.8) is 0 Å². The van der Waals surface area contributed by atoms with E-state index in [1.807, 2.05) is 0 Å². The largest absolute Gasteiger partial charge is 0.0912 e. The maximum atomic E-state index is 4.30. The Morgan fingerprint density at radius 2 is 1.91 bits per heavy atom. The first-order valence-electron chi connectivity index (χ1n) is 9.09. The van der Waals surface area contributed by atoms with Crippen LogP contribution in [0.5, 0.6) is 0 Å². The van der Waals surface area contributed by atoms with E-state index in [-0.39, 0.29) is 0 Å². The van der Waals surface area contributed by atoms with Gasteiger partial charge in [0.25, 0.3) is 0 Å². The zero-order chi connectivity index (χ0) is 17.4. The molecule has 0 aromatic heterocycles. The van der Waals surface area contributed by atoms with Gasteiger partial charge in [-0.15, -0.1) is 0 Å². The number of hydrogen-bond donors (Lipinski definition) is 0. The van der Waals surface area contributed by atoms with Gasteiger partial charge in [-0.2, -0.15) is 0 Å². The molecule has 1 atom stereocenters. The van der Waals surface area contributed by atoms with Crippen LogP contribution in [0.15, 0.2) is 35.9 Å². The van der Waals surface area contributed by atoms with E-state index < -0.39 is 0 Å². The van der Waals surface area contributed by atoms with Crippen molar-refractivity contribution in [3.05, 3.63) is 57.5 Å². The van der Waals surface area contributed by atoms with Gasteiger partial charge < -0.3 is 0 Å². The van der Waals surface area contributed by atoms with Crippen LogP contribution in [0.4, 0.5) is 0 Å². The van der Waals surface area contributed by atoms with E-state index in [1.54, 1.807) is 0 Å². The average molecular weight is 311 g/mol. The first-order chi connectivity index (χ1) is 11.0. The normalized spacial score (nSPS) is 15.1. The van der Waals surface area contributed by atoms with Crippen LogP contribution < -0.4 is 10.4 Å². The predicted molar refractivity (Wildman–Crippen MR) is 106 cm³/mol. The van der Waals surface area contributed by atoms with Crippen LogP contribution in [-0.2, 0) is 6.42 Å². The Kier molecular flexibility index (Phi) is 8.09. The molecule has 1 unspecified atom stereocenters. The summed E-state index contributed by atoms with van der Waals surface area (Å²) in [5, 5.41) is 2.53. The first kappa shape index (κ1) is 19.5. The molecule has 0 aliphatic heterocycles. The molecule has 0 amide bonds. The molecule has 1 rings (SSSR count). The first-order valence-corrected chi connectivity index (χ1v) is 9.09. The van der Waals surface area contributed by atoms with Crippen molar-refractivity contribution < 1.29 is 0 Å². The minimum absolute atomic E-state index is 0.592. The van der Waals surface area contributed by atoms with E-state index in [9.17, 15) is 0 Å². The molecule has 0 N–H and O–H groups in total. The highest BCUT2D eigenvalue weighted by atomic mass is 14.1. The summed E-state index contributed by atoms with van der Waals surface area (Å²) in [6.45, 7) is 17.6. The van der Waals surface area contributed by atoms with Crippen LogP contribution in [-0.4, -0.2) is 0 Å². The van der Waals surface area contributed by atoms with Crippen LogP contribution >= 0.6 is 0 Å². The second kappa shape index (κ2) is 9.55. The molecule has 0 saturated heterocycles. The molecule has 0 aliphatic rings. The van der Waals surface area contributed by atoms with Gasteiger partial charge in [-0.1, -0.05) is 68.9 Å². The highest BCUT2D eigenvalue weighted by molar-refractivity contribution is 5.48. The van der Waals surface area contributed by atoms with Gasteiger partial charge in [-0.05, 0) is 73.9 Å². The fraction of sp³-hybridized carbons (Fsp3) is 0.478. The third kappa shape index (κ3) is 5.23. The standard InChI is InChI=1S/C23H34/c1-8-12-20(9-2)13-14-21(10-3)19(7)23-16-17(5)22(11-4)15-18(23)6/h8,12-13,15-16,21H,6,9-11,14H2,1-5,7H3/b12-8-,20-13-,23-19+. The highest BCUT2D eigenvalue weighted by Gasteiger charge is 2.09. The maximum absolute atomic E-state index is 4.30. The van der Waals surface area contributed by atoms with E-state index in [0.717, 1.165) is 19.3 Å². The van der Waals surface area contributed by atoms with Crippen LogP contribution in [0, 0.1) is 12.8 Å². The summed E-state index contributed by atoms with van der Waals surface area (Å²) < 4.78 is 0. The molecular weight excluding hydrogens is 276 g/mol. The van der Waals surface area contributed by atoms with E-state index in [1.165, 1.54) is 39.1 Å². The number of hydrogen-bond acceptors (Lipinski definition) is 0. The summed E-state index contributed by atoms with van der Waals surface area (Å²) in [5.74, 6) is 0.592. The molecule has 23 heavy (non-hydrogen) atoms. The van der Waals surface area contributed by atoms with Crippen molar-refractivity contribution in [2.75, 3.05) is 0 Å². The molecule has 0 bridgehead atoms. The van der Waals surface area contributed by atoms with Crippen LogP contribution in [0.3, 0.4) is 0 Å². The summed E-state index contributed by atoms with van der Waals surface area (Å²) in [6.07, 6.45) is 11.2. The third-order valence-electron chi connectivity index (χ3n) is 4.93. The lowest BCUT2D eigenvalue weighted by molar-refractivity contribution is 0.646. The van der Waals surface area contributed by atoms with Gasteiger partial charge in [0.15, 0.2) is 0 Å². The molecule has 1 aromatic carbocycles. The Bertz CT molecular complexity index is 671. The molecule has 0 spiro atoms. The van der Waals surface area contributed by atoms with Gasteiger partial charge in [0.05, 0.1) is 0 Å². The Balaban J connectivity index is 3.25. The second-order valence-electron chi connectivity index (χ2n) is 6.45. The van der Waals surface area contributed by atoms with Crippen molar-refractivity contribution in [2.24, 2.45) is 5.92 Å². The Hall–Kier alpha value is -1.56. The summed E-state index contributed by atoms with van der Waals surface area (Å²) in [5.41, 5.74) is 5.73. The van der Waals surface area contributed by atoms with Crippen LogP contribution in [0.25, 0.3) is 12.2 Å². The number of benzene rings is 1. The fourth-order valence-electron chi connectivity index (χ4n) is 3.26. The summed E-state index contributed by atoms with van der Waals surface area (Å²) in [7, 11) is 0. The van der Waals surface area contributed by atoms with Gasteiger partial charge in [0, 0.05) is 0 Å². The van der Waals surface area contributed by atoms with Gasteiger partial charge >= 0.3 is 0 Å². The Morgan fingerprint density at radius 3 is 2.43 bits per heavy atom. The van der Waals surface area contributed by atoms with Crippen molar-refractivity contribution >= 4 is 12.2 Å². The highest BCUT2D eigenvalue weighted by Crippen LogP contribution is 2.21. The zero-order valence-electron chi connectivity index (χ0n) is 16.0. The minimum atomic E-state index is 0.592. The second-order valence-corrected chi connectivity index (χ2v) is 6.45. The lowest BCUT2D eigenvalue weighted by Crippen LogP contribution is -2.28. The smallest absolute Gasteiger partial charge is 0.0165 e. The summed E-state index contributed by atoms with van der Waals surface area (Å²) in [4.78, 5) is 0. The van der Waals surface area contributed by atoms with Crippen molar-refractivity contribution in [3.8, 4) is 0 Å². The van der Waals surface area contributed by atoms with Gasteiger partial charge in [-0.3, -0.25) is 0 Å². The van der Waals surface area contributed by atoms with Gasteiger partial charge in [0.2, 0.25) is 0 Å². The summed E-state index contributed by atoms with van der Waals surface area (Å²) >= 11 is 0. The molecule has 0 nitrogen and oxygen atoms in total. The van der Waals surface area contributed by atoms with E-state index in [2.05, 4.69) is 78.5 Å². The monoisotopic (exact) mass is 310 g/mol. The van der Waals surface area contributed by atoms with E-state index in [0.29, 0.717) is 5.92 Å². The number of allylic oxidation sites excluding steroid dienone is 4. The lowest BCUT2D eigenvalue weighted by Gasteiger charge is -2.16. The predicted octanol–water partition coefficient (Wildman–Crippen LogP) is 5.47. The molecule has 0 heteroatoms. The molecule has 0 aliphatic carbocycles. The van der Waals surface area contributed by atoms with Gasteiger partial charge in [-0.25, -0.2) is 0 Å². The number of rotatable bonds is 7. The molecular formula is C23H34. The Labute approximate surface area is 143 Å². The molecule has 0 fully saturated rings. The average Bonchev–Trinajstić information content (AvgIpc) is 2.55. The van der Waals surface area contributed by atoms with Crippen molar-refractivity contribution in [2.45, 2.75) is 67.2 Å². The molecule has 0 saturated carbocycles. The molecule has 1 aromatic rings. The quantitative estimate of drug-likeness (QED) is 0.586. The van der Waals surface area contributed by atoms with Crippen molar-refractivity contribution in [1.82, 2.24) is 0 Å². The maximum Gasteiger partial charge on any atom is -0.0165 e. The third-order valence-corrected chi connectivity index (χ3v) is 4.93. The Morgan fingerprint density at radius 1 is 1.22 bits per heavy atom. The lowest BCUT2D eigenvalue weighted by atomic mass is 9.89. The molecule has 0 radical (unpaired) electrons. The van der Waals surface area contributed by atoms with Crippen LogP contribution in [0.1, 0.15) is 65.0 Å². The minimum Gasteiger partial charge on any atom is -0.0912 e. The SMILES string of the molecule is C=c1cc(CC)c(C)c/c1=C(/C)C(CC)C/C=C(\C=C/C)CC. The molecule has 0 heterocycles. The molecule has 126 valence electrons. The summed E-state index contributed by atoms with van der Waals surface area (Å²) in [6, 6.07) is 4.61. The fourth-order valence-corrected chi connectivity index (χ4v) is 3.26. The number of aryl methyl sites for hydroxylation is 2. The zero-order valence-corrected chi connectivity index (χ0v) is 16.0.